The molecule has 152 valence electrons. The molecule has 0 unspecified atom stereocenters. The standard InChI is InChI=1S/C23H21N3O3S/c1-28-19-10-11-20-21(15-19)30-23(25-20)26(16-17-7-5-6-13-24-17)22(27)12-14-29-18-8-3-2-4-9-18/h2-11,13,15H,12,14,16H2,1H3. The molecule has 0 N–H and O–H groups in total. The average Bonchev–Trinajstić information content (AvgIpc) is 3.21. The molecular formula is C23H21N3O3S. The molecule has 0 atom stereocenters. The van der Waals surface area contributed by atoms with Gasteiger partial charge in [-0.2, -0.15) is 0 Å². The van der Waals surface area contributed by atoms with Crippen LogP contribution in [0.3, 0.4) is 0 Å². The number of carbonyl (C=O) groups excluding carboxylic acids is 1. The van der Waals surface area contributed by atoms with Crippen molar-refractivity contribution in [2.75, 3.05) is 18.6 Å². The van der Waals surface area contributed by atoms with Crippen molar-refractivity contribution < 1.29 is 14.3 Å². The van der Waals surface area contributed by atoms with Gasteiger partial charge in [-0.25, -0.2) is 4.98 Å². The molecule has 0 fully saturated rings. The number of hydrogen-bond acceptors (Lipinski definition) is 6. The second kappa shape index (κ2) is 9.37. The minimum Gasteiger partial charge on any atom is -0.497 e. The van der Waals surface area contributed by atoms with Crippen molar-refractivity contribution >= 4 is 32.6 Å². The van der Waals surface area contributed by atoms with E-state index in [0.29, 0.717) is 18.3 Å². The van der Waals surface area contributed by atoms with Gasteiger partial charge in [0.2, 0.25) is 5.91 Å². The van der Waals surface area contributed by atoms with Gasteiger partial charge in [-0.05, 0) is 42.5 Å². The number of hydrogen-bond donors (Lipinski definition) is 0. The molecule has 4 aromatic rings. The summed E-state index contributed by atoms with van der Waals surface area (Å²) in [6.45, 7) is 0.641. The van der Waals surface area contributed by atoms with Crippen LogP contribution < -0.4 is 14.4 Å². The Morgan fingerprint density at radius 1 is 1.03 bits per heavy atom. The Hall–Kier alpha value is -3.45. The first-order valence-electron chi connectivity index (χ1n) is 9.55. The van der Waals surface area contributed by atoms with Crippen LogP contribution in [0.25, 0.3) is 10.2 Å². The van der Waals surface area contributed by atoms with Crippen LogP contribution in [-0.2, 0) is 11.3 Å². The van der Waals surface area contributed by atoms with Gasteiger partial charge in [-0.1, -0.05) is 35.6 Å². The third kappa shape index (κ3) is 4.75. The number of aromatic nitrogens is 2. The van der Waals surface area contributed by atoms with Gasteiger partial charge in [0.25, 0.3) is 0 Å². The van der Waals surface area contributed by atoms with Crippen LogP contribution in [-0.4, -0.2) is 29.6 Å². The Morgan fingerprint density at radius 2 is 1.87 bits per heavy atom. The maximum absolute atomic E-state index is 13.1. The summed E-state index contributed by atoms with van der Waals surface area (Å²) in [4.78, 5) is 23.8. The van der Waals surface area contributed by atoms with Crippen molar-refractivity contribution in [2.45, 2.75) is 13.0 Å². The maximum Gasteiger partial charge on any atom is 0.232 e. The molecule has 0 radical (unpaired) electrons. The first kappa shape index (κ1) is 19.8. The van der Waals surface area contributed by atoms with Crippen LogP contribution in [0, 0.1) is 0 Å². The number of pyridine rings is 1. The summed E-state index contributed by atoms with van der Waals surface area (Å²) >= 11 is 1.46. The Kier molecular flexibility index (Phi) is 6.20. The van der Waals surface area contributed by atoms with E-state index in [9.17, 15) is 4.79 Å². The first-order chi connectivity index (χ1) is 14.7. The number of thiazole rings is 1. The maximum atomic E-state index is 13.1. The molecule has 0 bridgehead atoms. The third-order valence-electron chi connectivity index (χ3n) is 4.49. The van der Waals surface area contributed by atoms with Gasteiger partial charge >= 0.3 is 0 Å². The Balaban J connectivity index is 1.55. The fraction of sp³-hybridized carbons (Fsp3) is 0.174. The second-order valence-electron chi connectivity index (χ2n) is 6.54. The van der Waals surface area contributed by atoms with E-state index in [1.807, 2.05) is 66.7 Å². The van der Waals surface area contributed by atoms with E-state index in [4.69, 9.17) is 9.47 Å². The molecule has 0 aliphatic heterocycles. The third-order valence-corrected chi connectivity index (χ3v) is 5.53. The highest BCUT2D eigenvalue weighted by atomic mass is 32.1. The number of methoxy groups -OCH3 is 1. The molecule has 2 heterocycles. The quantitative estimate of drug-likeness (QED) is 0.414. The van der Waals surface area contributed by atoms with Gasteiger partial charge in [0, 0.05) is 6.20 Å². The predicted octanol–water partition coefficient (Wildman–Crippen LogP) is 4.70. The largest absolute Gasteiger partial charge is 0.497 e. The topological polar surface area (TPSA) is 64.5 Å². The van der Waals surface area contributed by atoms with Crippen molar-refractivity contribution in [3.8, 4) is 11.5 Å². The molecule has 1 amide bonds. The zero-order valence-electron chi connectivity index (χ0n) is 16.5. The van der Waals surface area contributed by atoms with Gasteiger partial charge in [0.05, 0.1) is 42.6 Å². The van der Waals surface area contributed by atoms with E-state index in [-0.39, 0.29) is 12.3 Å². The van der Waals surface area contributed by atoms with Crippen molar-refractivity contribution in [1.29, 1.82) is 0 Å². The molecule has 0 aliphatic rings. The number of carbonyl (C=O) groups is 1. The molecule has 0 aliphatic carbocycles. The molecule has 2 aromatic heterocycles. The van der Waals surface area contributed by atoms with Crippen molar-refractivity contribution in [1.82, 2.24) is 9.97 Å². The van der Waals surface area contributed by atoms with E-state index < -0.39 is 0 Å². The van der Waals surface area contributed by atoms with Crippen LogP contribution in [0.15, 0.2) is 72.9 Å². The highest BCUT2D eigenvalue weighted by Gasteiger charge is 2.21. The molecule has 0 spiro atoms. The Morgan fingerprint density at radius 3 is 2.63 bits per heavy atom. The van der Waals surface area contributed by atoms with Crippen LogP contribution in [0.1, 0.15) is 12.1 Å². The fourth-order valence-corrected chi connectivity index (χ4v) is 3.97. The lowest BCUT2D eigenvalue weighted by Crippen LogP contribution is -2.31. The van der Waals surface area contributed by atoms with Crippen molar-refractivity contribution in [2.24, 2.45) is 0 Å². The number of fused-ring (bicyclic) bond motifs is 1. The SMILES string of the molecule is COc1ccc2nc(N(Cc3ccccn3)C(=O)CCOc3ccccc3)sc2c1. The molecule has 0 saturated heterocycles. The normalized spacial score (nSPS) is 10.7. The van der Waals surface area contributed by atoms with Crippen LogP contribution >= 0.6 is 11.3 Å². The average molecular weight is 420 g/mol. The zero-order chi connectivity index (χ0) is 20.8. The molecule has 0 saturated carbocycles. The lowest BCUT2D eigenvalue weighted by Gasteiger charge is -2.19. The number of amides is 1. The summed E-state index contributed by atoms with van der Waals surface area (Å²) in [5.74, 6) is 1.44. The lowest BCUT2D eigenvalue weighted by molar-refractivity contribution is -0.119. The lowest BCUT2D eigenvalue weighted by atomic mass is 10.3. The monoisotopic (exact) mass is 419 g/mol. The van der Waals surface area contributed by atoms with Gasteiger partial charge in [0.1, 0.15) is 11.5 Å². The summed E-state index contributed by atoms with van der Waals surface area (Å²) in [7, 11) is 1.63. The van der Waals surface area contributed by atoms with Crippen LogP contribution in [0.2, 0.25) is 0 Å². The Labute approximate surface area is 178 Å². The molecule has 6 nitrogen and oxygen atoms in total. The fourth-order valence-electron chi connectivity index (χ4n) is 2.96. The van der Waals surface area contributed by atoms with Gasteiger partial charge < -0.3 is 9.47 Å². The molecular weight excluding hydrogens is 398 g/mol. The highest BCUT2D eigenvalue weighted by Crippen LogP contribution is 2.32. The molecule has 7 heteroatoms. The minimum atomic E-state index is -0.0670. The molecule has 2 aromatic carbocycles. The molecule has 30 heavy (non-hydrogen) atoms. The predicted molar refractivity (Wildman–Crippen MR) is 118 cm³/mol. The van der Waals surface area contributed by atoms with Crippen molar-refractivity contribution in [3.63, 3.8) is 0 Å². The van der Waals surface area contributed by atoms with E-state index in [1.165, 1.54) is 11.3 Å². The highest BCUT2D eigenvalue weighted by molar-refractivity contribution is 7.22. The molecule has 4 rings (SSSR count). The smallest absolute Gasteiger partial charge is 0.232 e. The summed E-state index contributed by atoms with van der Waals surface area (Å²) < 4.78 is 12.0. The number of benzene rings is 2. The first-order valence-corrected chi connectivity index (χ1v) is 10.4. The van der Waals surface area contributed by atoms with E-state index in [1.54, 1.807) is 18.2 Å². The minimum absolute atomic E-state index is 0.0670. The Bertz CT molecular complexity index is 1120. The summed E-state index contributed by atoms with van der Waals surface area (Å²) in [5, 5.41) is 0.633. The summed E-state index contributed by atoms with van der Waals surface area (Å²) in [5.41, 5.74) is 1.63. The summed E-state index contributed by atoms with van der Waals surface area (Å²) in [6.07, 6.45) is 1.96. The van der Waals surface area contributed by atoms with E-state index >= 15 is 0 Å². The number of nitrogens with zero attached hydrogens (tertiary/aromatic N) is 3. The second-order valence-corrected chi connectivity index (χ2v) is 7.55. The summed E-state index contributed by atoms with van der Waals surface area (Å²) in [6, 6.07) is 20.8. The number of para-hydroxylation sites is 1. The van der Waals surface area contributed by atoms with E-state index in [2.05, 4.69) is 9.97 Å². The van der Waals surface area contributed by atoms with Gasteiger partial charge in [0.15, 0.2) is 5.13 Å². The number of rotatable bonds is 8. The van der Waals surface area contributed by atoms with E-state index in [0.717, 1.165) is 27.4 Å². The van der Waals surface area contributed by atoms with Gasteiger partial charge in [-0.3, -0.25) is 14.7 Å². The van der Waals surface area contributed by atoms with Crippen LogP contribution in [0.4, 0.5) is 5.13 Å². The zero-order valence-corrected chi connectivity index (χ0v) is 17.3. The number of ether oxygens (including phenoxy) is 2. The number of anilines is 1. The van der Waals surface area contributed by atoms with Gasteiger partial charge in [-0.15, -0.1) is 0 Å². The van der Waals surface area contributed by atoms with Crippen molar-refractivity contribution in [3.05, 3.63) is 78.6 Å². The van der Waals surface area contributed by atoms with Crippen LogP contribution in [0.5, 0.6) is 11.5 Å².